The first kappa shape index (κ1) is 13.2. The van der Waals surface area contributed by atoms with Gasteiger partial charge in [0.15, 0.2) is 0 Å². The van der Waals surface area contributed by atoms with Crippen molar-refractivity contribution in [2.24, 2.45) is 0 Å². The predicted octanol–water partition coefficient (Wildman–Crippen LogP) is 2.64. The van der Waals surface area contributed by atoms with Crippen LogP contribution in [0.15, 0.2) is 28.7 Å². The molecule has 0 bridgehead atoms. The fourth-order valence-electron chi connectivity index (χ4n) is 1.39. The Morgan fingerprint density at radius 1 is 1.56 bits per heavy atom. The minimum atomic E-state index is -0.255. The fourth-order valence-corrected chi connectivity index (χ4v) is 1.80. The van der Waals surface area contributed by atoms with E-state index in [4.69, 9.17) is 10.00 Å². The first-order chi connectivity index (χ1) is 7.77. The van der Waals surface area contributed by atoms with Gasteiger partial charge in [0.1, 0.15) is 6.04 Å². The zero-order chi connectivity index (χ0) is 11.8. The Bertz CT molecular complexity index is 362. The van der Waals surface area contributed by atoms with E-state index in [0.29, 0.717) is 6.61 Å². The number of nitrogens with zero attached hydrogens (tertiary/aromatic N) is 1. The number of hydrogen-bond donors (Lipinski definition) is 1. The fraction of sp³-hybridized carbons (Fsp3) is 0.417. The third-order valence-electron chi connectivity index (χ3n) is 2.18. The summed E-state index contributed by atoms with van der Waals surface area (Å²) in [4.78, 5) is 0. The Morgan fingerprint density at radius 3 is 3.00 bits per heavy atom. The Labute approximate surface area is 105 Å². The van der Waals surface area contributed by atoms with Gasteiger partial charge in [-0.1, -0.05) is 28.1 Å². The van der Waals surface area contributed by atoms with Gasteiger partial charge in [-0.05, 0) is 30.7 Å². The Morgan fingerprint density at radius 2 is 2.38 bits per heavy atom. The van der Waals surface area contributed by atoms with Gasteiger partial charge in [-0.25, -0.2) is 0 Å². The van der Waals surface area contributed by atoms with Crippen molar-refractivity contribution in [2.75, 3.05) is 20.3 Å². The zero-order valence-corrected chi connectivity index (χ0v) is 10.8. The maximum absolute atomic E-state index is 9.07. The quantitative estimate of drug-likeness (QED) is 0.816. The molecule has 0 radical (unpaired) electrons. The summed E-state index contributed by atoms with van der Waals surface area (Å²) in [5.74, 6) is 0. The first-order valence-corrected chi connectivity index (χ1v) is 5.94. The standard InChI is InChI=1S/C12H15BrN2O/c1-16-7-3-6-15-12(9-14)10-4-2-5-11(13)8-10/h2,4-5,8,12,15H,3,6-7H2,1H3/t12-/m1/s1. The van der Waals surface area contributed by atoms with Gasteiger partial charge < -0.3 is 4.74 Å². The summed E-state index contributed by atoms with van der Waals surface area (Å²) in [7, 11) is 1.68. The molecule has 0 saturated carbocycles. The van der Waals surface area contributed by atoms with Crippen LogP contribution >= 0.6 is 15.9 Å². The molecular formula is C12H15BrN2O. The van der Waals surface area contributed by atoms with Crippen molar-refractivity contribution in [1.82, 2.24) is 5.32 Å². The maximum Gasteiger partial charge on any atom is 0.121 e. The predicted molar refractivity (Wildman–Crippen MR) is 67.0 cm³/mol. The summed E-state index contributed by atoms with van der Waals surface area (Å²) < 4.78 is 5.94. The number of halogens is 1. The number of methoxy groups -OCH3 is 1. The third kappa shape index (κ3) is 4.31. The molecule has 1 rings (SSSR count). The van der Waals surface area contributed by atoms with Crippen LogP contribution in [0.4, 0.5) is 0 Å². The molecule has 0 amide bonds. The van der Waals surface area contributed by atoms with Crippen molar-refractivity contribution in [1.29, 1.82) is 5.26 Å². The van der Waals surface area contributed by atoms with E-state index in [-0.39, 0.29) is 6.04 Å². The van der Waals surface area contributed by atoms with Crippen LogP contribution in [0.1, 0.15) is 18.0 Å². The summed E-state index contributed by atoms with van der Waals surface area (Å²) >= 11 is 3.40. The molecule has 1 aromatic carbocycles. The maximum atomic E-state index is 9.07. The highest BCUT2D eigenvalue weighted by molar-refractivity contribution is 9.10. The van der Waals surface area contributed by atoms with Gasteiger partial charge in [-0.15, -0.1) is 0 Å². The average Bonchev–Trinajstić information content (AvgIpc) is 2.29. The molecule has 1 N–H and O–H groups in total. The summed E-state index contributed by atoms with van der Waals surface area (Å²) in [5.41, 5.74) is 0.981. The lowest BCUT2D eigenvalue weighted by Gasteiger charge is -2.11. The lowest BCUT2D eigenvalue weighted by Crippen LogP contribution is -2.22. The molecule has 0 spiro atoms. The summed E-state index contributed by atoms with van der Waals surface area (Å²) in [6, 6.07) is 9.77. The van der Waals surface area contributed by atoms with E-state index in [2.05, 4.69) is 27.3 Å². The van der Waals surface area contributed by atoms with E-state index in [1.54, 1.807) is 7.11 Å². The van der Waals surface area contributed by atoms with Crippen molar-refractivity contribution in [2.45, 2.75) is 12.5 Å². The largest absolute Gasteiger partial charge is 0.385 e. The lowest BCUT2D eigenvalue weighted by molar-refractivity contribution is 0.194. The highest BCUT2D eigenvalue weighted by atomic mass is 79.9. The van der Waals surface area contributed by atoms with Crippen molar-refractivity contribution < 1.29 is 4.74 Å². The number of nitrogens with one attached hydrogen (secondary N) is 1. The normalized spacial score (nSPS) is 12.1. The second-order valence-corrected chi connectivity index (χ2v) is 4.33. The molecule has 86 valence electrons. The topological polar surface area (TPSA) is 45.0 Å². The molecule has 0 aliphatic rings. The first-order valence-electron chi connectivity index (χ1n) is 5.15. The zero-order valence-electron chi connectivity index (χ0n) is 9.24. The van der Waals surface area contributed by atoms with E-state index in [1.807, 2.05) is 24.3 Å². The molecular weight excluding hydrogens is 268 g/mol. The monoisotopic (exact) mass is 282 g/mol. The van der Waals surface area contributed by atoms with Gasteiger partial charge in [-0.2, -0.15) is 5.26 Å². The van der Waals surface area contributed by atoms with Crippen molar-refractivity contribution in [3.63, 3.8) is 0 Å². The van der Waals surface area contributed by atoms with Gasteiger partial charge in [0.05, 0.1) is 6.07 Å². The summed E-state index contributed by atoms with van der Waals surface area (Å²) in [6.45, 7) is 1.49. The third-order valence-corrected chi connectivity index (χ3v) is 2.68. The Kier molecular flexibility index (Phi) is 6.09. The van der Waals surface area contributed by atoms with E-state index in [1.165, 1.54) is 0 Å². The van der Waals surface area contributed by atoms with Crippen LogP contribution in [0.3, 0.4) is 0 Å². The molecule has 16 heavy (non-hydrogen) atoms. The van der Waals surface area contributed by atoms with Crippen LogP contribution in [0.5, 0.6) is 0 Å². The molecule has 1 aromatic rings. The average molecular weight is 283 g/mol. The molecule has 4 heteroatoms. The number of rotatable bonds is 6. The van der Waals surface area contributed by atoms with E-state index in [0.717, 1.165) is 23.0 Å². The molecule has 1 atom stereocenters. The van der Waals surface area contributed by atoms with Crippen LogP contribution in [0.25, 0.3) is 0 Å². The van der Waals surface area contributed by atoms with Crippen molar-refractivity contribution in [3.05, 3.63) is 34.3 Å². The highest BCUT2D eigenvalue weighted by Gasteiger charge is 2.08. The van der Waals surface area contributed by atoms with Gasteiger partial charge in [0.25, 0.3) is 0 Å². The van der Waals surface area contributed by atoms with Gasteiger partial charge in [0.2, 0.25) is 0 Å². The van der Waals surface area contributed by atoms with Crippen LogP contribution in [-0.4, -0.2) is 20.3 Å². The minimum absolute atomic E-state index is 0.255. The second kappa shape index (κ2) is 7.39. The highest BCUT2D eigenvalue weighted by Crippen LogP contribution is 2.17. The van der Waals surface area contributed by atoms with Crippen LogP contribution in [0.2, 0.25) is 0 Å². The van der Waals surface area contributed by atoms with Crippen LogP contribution in [-0.2, 0) is 4.74 Å². The van der Waals surface area contributed by atoms with Crippen LogP contribution in [0, 0.1) is 11.3 Å². The summed E-state index contributed by atoms with van der Waals surface area (Å²) in [5, 5.41) is 12.3. The van der Waals surface area contributed by atoms with Crippen molar-refractivity contribution >= 4 is 15.9 Å². The smallest absolute Gasteiger partial charge is 0.121 e. The van der Waals surface area contributed by atoms with E-state index < -0.39 is 0 Å². The summed E-state index contributed by atoms with van der Waals surface area (Å²) in [6.07, 6.45) is 0.905. The second-order valence-electron chi connectivity index (χ2n) is 3.42. The van der Waals surface area contributed by atoms with Crippen molar-refractivity contribution in [3.8, 4) is 6.07 Å². The molecule has 0 aromatic heterocycles. The molecule has 0 heterocycles. The Hall–Kier alpha value is -0.890. The molecule has 0 fully saturated rings. The van der Waals surface area contributed by atoms with Gasteiger partial charge in [0, 0.05) is 18.2 Å². The van der Waals surface area contributed by atoms with E-state index >= 15 is 0 Å². The molecule has 0 aliphatic carbocycles. The lowest BCUT2D eigenvalue weighted by atomic mass is 10.1. The number of nitriles is 1. The molecule has 0 saturated heterocycles. The molecule has 0 unspecified atom stereocenters. The Balaban J connectivity index is 2.51. The number of benzene rings is 1. The minimum Gasteiger partial charge on any atom is -0.385 e. The molecule has 3 nitrogen and oxygen atoms in total. The SMILES string of the molecule is COCCCN[C@H](C#N)c1cccc(Br)c1. The van der Waals surface area contributed by atoms with Gasteiger partial charge >= 0.3 is 0 Å². The van der Waals surface area contributed by atoms with Crippen LogP contribution < -0.4 is 5.32 Å². The molecule has 0 aliphatic heterocycles. The van der Waals surface area contributed by atoms with Gasteiger partial charge in [-0.3, -0.25) is 5.32 Å². The number of ether oxygens (including phenoxy) is 1. The van der Waals surface area contributed by atoms with E-state index in [9.17, 15) is 0 Å². The number of hydrogen-bond acceptors (Lipinski definition) is 3.